The molecular weight excluding hydrogens is 308 g/mol. The molecule has 2 rings (SSSR count). The summed E-state index contributed by atoms with van der Waals surface area (Å²) in [6.45, 7) is 5.87. The van der Waals surface area contributed by atoms with Gasteiger partial charge in [0, 0.05) is 36.3 Å². The molecule has 3 nitrogen and oxygen atoms in total. The van der Waals surface area contributed by atoms with Gasteiger partial charge in [0.1, 0.15) is 0 Å². The highest BCUT2D eigenvalue weighted by Gasteiger charge is 2.12. The molecule has 0 unspecified atom stereocenters. The van der Waals surface area contributed by atoms with Gasteiger partial charge in [-0.15, -0.1) is 0 Å². The van der Waals surface area contributed by atoms with Crippen LogP contribution in [0, 0.1) is 0 Å². The molecule has 23 heavy (non-hydrogen) atoms. The molecule has 0 fully saturated rings. The fourth-order valence-corrected chi connectivity index (χ4v) is 2.56. The number of anilines is 1. The topological polar surface area (TPSA) is 32.3 Å². The van der Waals surface area contributed by atoms with Crippen LogP contribution >= 0.6 is 11.6 Å². The van der Waals surface area contributed by atoms with Gasteiger partial charge >= 0.3 is 0 Å². The van der Waals surface area contributed by atoms with Gasteiger partial charge in [0.15, 0.2) is 0 Å². The van der Waals surface area contributed by atoms with Gasteiger partial charge in [-0.2, -0.15) is 0 Å². The van der Waals surface area contributed by atoms with E-state index in [0.717, 1.165) is 18.8 Å². The zero-order valence-electron chi connectivity index (χ0n) is 13.6. The van der Waals surface area contributed by atoms with E-state index in [2.05, 4.69) is 36.2 Å². The molecule has 0 aliphatic carbocycles. The predicted molar refractivity (Wildman–Crippen MR) is 96.7 cm³/mol. The Morgan fingerprint density at radius 1 is 1.13 bits per heavy atom. The normalized spacial score (nSPS) is 11.0. The molecule has 4 heteroatoms. The molecule has 0 atom stereocenters. The SMILES string of the molecule is CC(C)N(CCC(=O)Nc1cccc(Cl)c1)Cc1ccccc1. The Morgan fingerprint density at radius 2 is 1.87 bits per heavy atom. The fraction of sp³-hybridized carbons (Fsp3) is 0.316. The van der Waals surface area contributed by atoms with Crippen molar-refractivity contribution >= 4 is 23.2 Å². The van der Waals surface area contributed by atoms with Gasteiger partial charge in [0.05, 0.1) is 0 Å². The number of rotatable bonds is 7. The molecule has 0 radical (unpaired) electrons. The molecule has 0 saturated carbocycles. The van der Waals surface area contributed by atoms with E-state index in [0.29, 0.717) is 17.5 Å². The molecule has 0 bridgehead atoms. The molecule has 0 aliphatic heterocycles. The maximum Gasteiger partial charge on any atom is 0.225 e. The highest BCUT2D eigenvalue weighted by atomic mass is 35.5. The van der Waals surface area contributed by atoms with Crippen molar-refractivity contribution in [3.8, 4) is 0 Å². The number of hydrogen-bond donors (Lipinski definition) is 1. The Kier molecular flexibility index (Phi) is 6.63. The standard InChI is InChI=1S/C19H23ClN2O/c1-15(2)22(14-16-7-4-3-5-8-16)12-11-19(23)21-18-10-6-9-17(20)13-18/h3-10,13,15H,11-12,14H2,1-2H3,(H,21,23). The third-order valence-electron chi connectivity index (χ3n) is 3.69. The second kappa shape index (κ2) is 8.70. The average molecular weight is 331 g/mol. The van der Waals surface area contributed by atoms with Crippen LogP contribution in [-0.2, 0) is 11.3 Å². The van der Waals surface area contributed by atoms with Gasteiger partial charge in [-0.1, -0.05) is 48.0 Å². The molecule has 1 amide bonds. The van der Waals surface area contributed by atoms with E-state index >= 15 is 0 Å². The predicted octanol–water partition coefficient (Wildman–Crippen LogP) is 4.58. The lowest BCUT2D eigenvalue weighted by molar-refractivity contribution is -0.116. The molecule has 0 saturated heterocycles. The molecule has 0 spiro atoms. The first-order valence-electron chi connectivity index (χ1n) is 7.88. The maximum atomic E-state index is 12.1. The van der Waals surface area contributed by atoms with Crippen LogP contribution in [0.5, 0.6) is 0 Å². The summed E-state index contributed by atoms with van der Waals surface area (Å²) >= 11 is 5.93. The Balaban J connectivity index is 1.87. The second-order valence-electron chi connectivity index (χ2n) is 5.86. The average Bonchev–Trinajstić information content (AvgIpc) is 2.52. The Bertz CT molecular complexity index is 628. The van der Waals surface area contributed by atoms with Crippen molar-refractivity contribution in [2.75, 3.05) is 11.9 Å². The number of benzene rings is 2. The van der Waals surface area contributed by atoms with E-state index < -0.39 is 0 Å². The summed E-state index contributed by atoms with van der Waals surface area (Å²) in [5.74, 6) is 0.00554. The Labute approximate surface area is 143 Å². The second-order valence-corrected chi connectivity index (χ2v) is 6.29. The van der Waals surface area contributed by atoms with E-state index in [1.807, 2.05) is 30.3 Å². The summed E-state index contributed by atoms with van der Waals surface area (Å²) in [6.07, 6.45) is 0.456. The summed E-state index contributed by atoms with van der Waals surface area (Å²) < 4.78 is 0. The third kappa shape index (κ3) is 6.05. The minimum Gasteiger partial charge on any atom is -0.326 e. The monoisotopic (exact) mass is 330 g/mol. The first-order chi connectivity index (χ1) is 11.0. The number of nitrogens with one attached hydrogen (secondary N) is 1. The lowest BCUT2D eigenvalue weighted by Gasteiger charge is -2.26. The number of carbonyl (C=O) groups excluding carboxylic acids is 1. The van der Waals surface area contributed by atoms with E-state index in [1.165, 1.54) is 5.56 Å². The van der Waals surface area contributed by atoms with Crippen LogP contribution in [-0.4, -0.2) is 23.4 Å². The van der Waals surface area contributed by atoms with Gasteiger partial charge in [0.2, 0.25) is 5.91 Å². The third-order valence-corrected chi connectivity index (χ3v) is 3.93. The molecule has 0 heterocycles. The van der Waals surface area contributed by atoms with E-state index in [9.17, 15) is 4.79 Å². The van der Waals surface area contributed by atoms with Crippen LogP contribution < -0.4 is 5.32 Å². The van der Waals surface area contributed by atoms with Crippen molar-refractivity contribution in [3.63, 3.8) is 0 Å². The zero-order chi connectivity index (χ0) is 16.7. The van der Waals surface area contributed by atoms with Gasteiger partial charge in [0.25, 0.3) is 0 Å². The van der Waals surface area contributed by atoms with Gasteiger partial charge in [-0.3, -0.25) is 9.69 Å². The number of nitrogens with zero attached hydrogens (tertiary/aromatic N) is 1. The van der Waals surface area contributed by atoms with Crippen molar-refractivity contribution in [2.24, 2.45) is 0 Å². The lowest BCUT2D eigenvalue weighted by atomic mass is 10.2. The van der Waals surface area contributed by atoms with Crippen molar-refractivity contribution in [2.45, 2.75) is 32.9 Å². The molecule has 2 aromatic carbocycles. The van der Waals surface area contributed by atoms with Gasteiger partial charge in [-0.05, 0) is 37.6 Å². The highest BCUT2D eigenvalue weighted by Crippen LogP contribution is 2.15. The van der Waals surface area contributed by atoms with Crippen LogP contribution in [0.4, 0.5) is 5.69 Å². The molecule has 1 N–H and O–H groups in total. The first kappa shape index (κ1) is 17.5. The van der Waals surface area contributed by atoms with Crippen LogP contribution in [0.3, 0.4) is 0 Å². The van der Waals surface area contributed by atoms with E-state index in [1.54, 1.807) is 12.1 Å². The first-order valence-corrected chi connectivity index (χ1v) is 8.26. The quantitative estimate of drug-likeness (QED) is 0.806. The van der Waals surface area contributed by atoms with Crippen LogP contribution in [0.25, 0.3) is 0 Å². The Hall–Kier alpha value is -1.84. The molecule has 2 aromatic rings. The summed E-state index contributed by atoms with van der Waals surface area (Å²) in [5, 5.41) is 3.51. The number of amides is 1. The van der Waals surface area contributed by atoms with Gasteiger partial charge in [-0.25, -0.2) is 0 Å². The fourth-order valence-electron chi connectivity index (χ4n) is 2.37. The highest BCUT2D eigenvalue weighted by molar-refractivity contribution is 6.30. The molecule has 122 valence electrons. The largest absolute Gasteiger partial charge is 0.326 e. The van der Waals surface area contributed by atoms with Crippen molar-refractivity contribution in [3.05, 3.63) is 65.2 Å². The number of halogens is 1. The van der Waals surface area contributed by atoms with Gasteiger partial charge < -0.3 is 5.32 Å². The summed E-state index contributed by atoms with van der Waals surface area (Å²) in [4.78, 5) is 14.4. The minimum atomic E-state index is 0.00554. The van der Waals surface area contributed by atoms with Crippen LogP contribution in [0.2, 0.25) is 5.02 Å². The lowest BCUT2D eigenvalue weighted by Crippen LogP contribution is -2.33. The van der Waals surface area contributed by atoms with Crippen LogP contribution in [0.1, 0.15) is 25.8 Å². The van der Waals surface area contributed by atoms with E-state index in [-0.39, 0.29) is 5.91 Å². The van der Waals surface area contributed by atoms with Crippen molar-refractivity contribution < 1.29 is 4.79 Å². The maximum absolute atomic E-state index is 12.1. The zero-order valence-corrected chi connectivity index (χ0v) is 14.4. The molecule has 0 aromatic heterocycles. The molecule has 0 aliphatic rings. The molecular formula is C19H23ClN2O. The van der Waals surface area contributed by atoms with Crippen LogP contribution in [0.15, 0.2) is 54.6 Å². The van der Waals surface area contributed by atoms with Crippen molar-refractivity contribution in [1.29, 1.82) is 0 Å². The number of carbonyl (C=O) groups is 1. The minimum absolute atomic E-state index is 0.00554. The summed E-state index contributed by atoms with van der Waals surface area (Å²) in [6, 6.07) is 17.9. The number of hydrogen-bond acceptors (Lipinski definition) is 2. The smallest absolute Gasteiger partial charge is 0.225 e. The Morgan fingerprint density at radius 3 is 2.52 bits per heavy atom. The van der Waals surface area contributed by atoms with E-state index in [4.69, 9.17) is 11.6 Å². The van der Waals surface area contributed by atoms with Crippen molar-refractivity contribution in [1.82, 2.24) is 4.90 Å². The summed E-state index contributed by atoms with van der Waals surface area (Å²) in [7, 11) is 0. The summed E-state index contributed by atoms with van der Waals surface area (Å²) in [5.41, 5.74) is 2.00.